The highest BCUT2D eigenvalue weighted by Gasteiger charge is 2.15. The van der Waals surface area contributed by atoms with Gasteiger partial charge in [0.1, 0.15) is 17.7 Å². The molecule has 0 saturated carbocycles. The molecule has 0 radical (unpaired) electrons. The summed E-state index contributed by atoms with van der Waals surface area (Å²) in [6.45, 7) is 0. The summed E-state index contributed by atoms with van der Waals surface area (Å²) in [6, 6.07) is 10.3. The highest BCUT2D eigenvalue weighted by atomic mass is 19.1. The highest BCUT2D eigenvalue weighted by Crippen LogP contribution is 2.29. The predicted molar refractivity (Wildman–Crippen MR) is 68.7 cm³/mol. The number of aliphatic hydroxyl groups is 1. The van der Waals surface area contributed by atoms with E-state index in [-0.39, 0.29) is 5.56 Å². The number of rotatable bonds is 2. The quantitative estimate of drug-likeness (QED) is 0.725. The van der Waals surface area contributed by atoms with E-state index in [1.807, 2.05) is 12.1 Å². The van der Waals surface area contributed by atoms with Crippen LogP contribution in [0, 0.1) is 11.6 Å². The number of nitrogens with one attached hydrogen (secondary N) is 1. The number of halogens is 2. The Morgan fingerprint density at radius 3 is 2.47 bits per heavy atom. The van der Waals surface area contributed by atoms with Crippen molar-refractivity contribution in [1.29, 1.82) is 0 Å². The van der Waals surface area contributed by atoms with Crippen LogP contribution >= 0.6 is 0 Å². The zero-order chi connectivity index (χ0) is 13.4. The van der Waals surface area contributed by atoms with Gasteiger partial charge in [-0.1, -0.05) is 12.1 Å². The number of H-pyrrole nitrogens is 1. The summed E-state index contributed by atoms with van der Waals surface area (Å²) in [4.78, 5) is 3.03. The molecule has 0 aliphatic carbocycles. The van der Waals surface area contributed by atoms with Gasteiger partial charge in [0.25, 0.3) is 0 Å². The standard InChI is InChI=1S/C15H11F2NO/c16-10-6-9(7-11(17)8-10)15(19)13-2-1-3-14-12(13)4-5-18-14/h1-8,15,18-19H. The van der Waals surface area contributed by atoms with Gasteiger partial charge in [-0.3, -0.25) is 0 Å². The van der Waals surface area contributed by atoms with Crippen molar-refractivity contribution in [2.75, 3.05) is 0 Å². The molecule has 1 atom stereocenters. The molecule has 2 N–H and O–H groups in total. The molecule has 2 aromatic carbocycles. The van der Waals surface area contributed by atoms with Gasteiger partial charge in [0.05, 0.1) is 0 Å². The number of hydrogen-bond acceptors (Lipinski definition) is 1. The summed E-state index contributed by atoms with van der Waals surface area (Å²) < 4.78 is 26.4. The number of fused-ring (bicyclic) bond motifs is 1. The van der Waals surface area contributed by atoms with E-state index in [0.717, 1.165) is 29.1 Å². The molecule has 0 aliphatic heterocycles. The Balaban J connectivity index is 2.13. The van der Waals surface area contributed by atoms with E-state index in [4.69, 9.17) is 0 Å². The highest BCUT2D eigenvalue weighted by molar-refractivity contribution is 5.83. The Hall–Kier alpha value is -2.20. The Kier molecular flexibility index (Phi) is 2.80. The largest absolute Gasteiger partial charge is 0.384 e. The van der Waals surface area contributed by atoms with Gasteiger partial charge in [-0.25, -0.2) is 8.78 Å². The first-order valence-electron chi connectivity index (χ1n) is 5.85. The fourth-order valence-electron chi connectivity index (χ4n) is 2.26. The lowest BCUT2D eigenvalue weighted by molar-refractivity contribution is 0.221. The summed E-state index contributed by atoms with van der Waals surface area (Å²) in [7, 11) is 0. The van der Waals surface area contributed by atoms with Gasteiger partial charge < -0.3 is 10.1 Å². The summed E-state index contributed by atoms with van der Waals surface area (Å²) in [6.07, 6.45) is 0.692. The first kappa shape index (κ1) is 11.9. The third-order valence-corrected chi connectivity index (χ3v) is 3.12. The second-order valence-corrected chi connectivity index (χ2v) is 4.39. The first-order valence-corrected chi connectivity index (χ1v) is 5.85. The number of aromatic nitrogens is 1. The molecule has 3 aromatic rings. The normalized spacial score (nSPS) is 12.8. The maximum absolute atomic E-state index is 13.2. The molecule has 0 fully saturated rings. The first-order chi connectivity index (χ1) is 9.15. The molecule has 19 heavy (non-hydrogen) atoms. The van der Waals surface area contributed by atoms with Crippen LogP contribution in [-0.4, -0.2) is 10.1 Å². The van der Waals surface area contributed by atoms with Crippen LogP contribution in [0.4, 0.5) is 8.78 Å². The van der Waals surface area contributed by atoms with Crippen molar-refractivity contribution >= 4 is 10.9 Å². The van der Waals surface area contributed by atoms with Gasteiger partial charge in [0.2, 0.25) is 0 Å². The van der Waals surface area contributed by atoms with Crippen LogP contribution in [-0.2, 0) is 0 Å². The van der Waals surface area contributed by atoms with Gasteiger partial charge >= 0.3 is 0 Å². The van der Waals surface area contributed by atoms with Crippen LogP contribution in [0.3, 0.4) is 0 Å². The summed E-state index contributed by atoms with van der Waals surface area (Å²) in [5, 5.41) is 11.1. The monoisotopic (exact) mass is 259 g/mol. The average molecular weight is 259 g/mol. The molecule has 0 aliphatic rings. The lowest BCUT2D eigenvalue weighted by Crippen LogP contribution is -2.01. The second-order valence-electron chi connectivity index (χ2n) is 4.39. The zero-order valence-electron chi connectivity index (χ0n) is 9.90. The minimum atomic E-state index is -1.07. The maximum atomic E-state index is 13.2. The lowest BCUT2D eigenvalue weighted by atomic mass is 9.98. The molecule has 3 rings (SSSR count). The van der Waals surface area contributed by atoms with Crippen molar-refractivity contribution < 1.29 is 13.9 Å². The summed E-state index contributed by atoms with van der Waals surface area (Å²) in [5.74, 6) is -1.40. The molecular weight excluding hydrogens is 248 g/mol. The molecule has 0 saturated heterocycles. The van der Waals surface area contributed by atoms with Crippen molar-refractivity contribution in [3.05, 3.63) is 71.4 Å². The maximum Gasteiger partial charge on any atom is 0.126 e. The van der Waals surface area contributed by atoms with Crippen LogP contribution in [0.25, 0.3) is 10.9 Å². The SMILES string of the molecule is OC(c1cc(F)cc(F)c1)c1cccc2[nH]ccc12. The summed E-state index contributed by atoms with van der Waals surface area (Å²) >= 11 is 0. The van der Waals surface area contributed by atoms with E-state index in [9.17, 15) is 13.9 Å². The Morgan fingerprint density at radius 1 is 1.00 bits per heavy atom. The van der Waals surface area contributed by atoms with Crippen molar-refractivity contribution in [1.82, 2.24) is 4.98 Å². The van der Waals surface area contributed by atoms with Crippen molar-refractivity contribution in [2.24, 2.45) is 0 Å². The smallest absolute Gasteiger partial charge is 0.126 e. The fraction of sp³-hybridized carbons (Fsp3) is 0.0667. The number of aliphatic hydroxyl groups excluding tert-OH is 1. The van der Waals surface area contributed by atoms with E-state index in [1.54, 1.807) is 18.3 Å². The van der Waals surface area contributed by atoms with Crippen LogP contribution in [0.15, 0.2) is 48.7 Å². The third kappa shape index (κ3) is 2.11. The van der Waals surface area contributed by atoms with Crippen molar-refractivity contribution in [3.8, 4) is 0 Å². The molecule has 0 spiro atoms. The average Bonchev–Trinajstić information content (AvgIpc) is 2.84. The number of benzene rings is 2. The molecule has 1 unspecified atom stereocenters. The van der Waals surface area contributed by atoms with E-state index < -0.39 is 17.7 Å². The Labute approximate surface area is 108 Å². The molecule has 0 amide bonds. The predicted octanol–water partition coefficient (Wildman–Crippen LogP) is 3.53. The lowest BCUT2D eigenvalue weighted by Gasteiger charge is -2.13. The molecule has 1 aromatic heterocycles. The molecule has 1 heterocycles. The van der Waals surface area contributed by atoms with Crippen LogP contribution in [0.1, 0.15) is 17.2 Å². The Morgan fingerprint density at radius 2 is 1.74 bits per heavy atom. The fourth-order valence-corrected chi connectivity index (χ4v) is 2.26. The van der Waals surface area contributed by atoms with Gasteiger partial charge in [0.15, 0.2) is 0 Å². The molecule has 96 valence electrons. The minimum absolute atomic E-state index is 0.200. The Bertz CT molecular complexity index is 716. The molecular formula is C15H11F2NO. The third-order valence-electron chi connectivity index (χ3n) is 3.12. The number of hydrogen-bond donors (Lipinski definition) is 2. The zero-order valence-corrected chi connectivity index (χ0v) is 9.90. The van der Waals surface area contributed by atoms with Gasteiger partial charge in [-0.05, 0) is 35.4 Å². The molecule has 4 heteroatoms. The number of aromatic amines is 1. The topological polar surface area (TPSA) is 36.0 Å². The van der Waals surface area contributed by atoms with E-state index in [0.29, 0.717) is 5.56 Å². The van der Waals surface area contributed by atoms with Crippen LogP contribution in [0.2, 0.25) is 0 Å². The minimum Gasteiger partial charge on any atom is -0.384 e. The van der Waals surface area contributed by atoms with Gasteiger partial charge in [0, 0.05) is 23.2 Å². The van der Waals surface area contributed by atoms with E-state index in [2.05, 4.69) is 4.98 Å². The second kappa shape index (κ2) is 4.48. The van der Waals surface area contributed by atoms with Gasteiger partial charge in [-0.15, -0.1) is 0 Å². The summed E-state index contributed by atoms with van der Waals surface area (Å²) in [5.41, 5.74) is 1.68. The van der Waals surface area contributed by atoms with E-state index in [1.165, 1.54) is 0 Å². The van der Waals surface area contributed by atoms with Crippen molar-refractivity contribution in [3.63, 3.8) is 0 Å². The van der Waals surface area contributed by atoms with Crippen LogP contribution < -0.4 is 0 Å². The molecule has 0 bridgehead atoms. The van der Waals surface area contributed by atoms with Crippen LogP contribution in [0.5, 0.6) is 0 Å². The van der Waals surface area contributed by atoms with Gasteiger partial charge in [-0.2, -0.15) is 0 Å². The van der Waals surface area contributed by atoms with E-state index >= 15 is 0 Å². The molecule has 2 nitrogen and oxygen atoms in total. The van der Waals surface area contributed by atoms with Crippen molar-refractivity contribution in [2.45, 2.75) is 6.10 Å².